The monoisotopic (exact) mass is 224 g/mol. The van der Waals surface area contributed by atoms with E-state index in [0.717, 1.165) is 0 Å². The summed E-state index contributed by atoms with van der Waals surface area (Å²) >= 11 is 0. The van der Waals surface area contributed by atoms with Crippen molar-refractivity contribution in [2.24, 2.45) is 0 Å². The van der Waals surface area contributed by atoms with Crippen molar-refractivity contribution in [1.82, 2.24) is 0 Å². The lowest BCUT2D eigenvalue weighted by Crippen LogP contribution is -1.98. The van der Waals surface area contributed by atoms with Crippen LogP contribution < -0.4 is 0 Å². The second-order valence-electron chi connectivity index (χ2n) is 2.34. The van der Waals surface area contributed by atoms with Gasteiger partial charge in [0.1, 0.15) is 0 Å². The molecule has 0 saturated heterocycles. The molecule has 0 bridgehead atoms. The molecule has 0 saturated carbocycles. The number of phosphoric ester groups is 1. The predicted molar refractivity (Wildman–Crippen MR) is 51.3 cm³/mol. The van der Waals surface area contributed by atoms with Crippen molar-refractivity contribution in [3.63, 3.8) is 0 Å². The maximum atomic E-state index is 11.8. The van der Waals surface area contributed by atoms with Gasteiger partial charge in [-0.1, -0.05) is 16.9 Å². The summed E-state index contributed by atoms with van der Waals surface area (Å²) < 4.78 is 35.4. The molecule has 0 aliphatic heterocycles. The van der Waals surface area contributed by atoms with Crippen LogP contribution in [-0.4, -0.2) is 13.2 Å². The molecule has 0 radical (unpaired) electrons. The number of halogens is 1. The zero-order valence-electron chi connectivity index (χ0n) is 7.86. The Hall–Kier alpha value is -0.480. The van der Waals surface area contributed by atoms with Gasteiger partial charge < -0.3 is 0 Å². The third kappa shape index (κ3) is 6.05. The van der Waals surface area contributed by atoms with E-state index in [1.165, 1.54) is 0 Å². The Kier molecular flexibility index (Phi) is 7.61. The highest BCUT2D eigenvalue weighted by atomic mass is 31.2. The normalized spacial score (nSPS) is 11.2. The van der Waals surface area contributed by atoms with E-state index in [1.54, 1.807) is 12.2 Å². The third-order valence-corrected chi connectivity index (χ3v) is 2.39. The maximum absolute atomic E-state index is 11.8. The van der Waals surface area contributed by atoms with E-state index in [9.17, 15) is 9.09 Å². The van der Waals surface area contributed by atoms with Crippen LogP contribution in [0.15, 0.2) is 25.3 Å². The first kappa shape index (κ1) is 13.5. The highest BCUT2D eigenvalue weighted by molar-refractivity contribution is 7.48. The Morgan fingerprint density at radius 3 is 1.86 bits per heavy atom. The summed E-state index contributed by atoms with van der Waals surface area (Å²) in [5.41, 5.74) is 0. The van der Waals surface area contributed by atoms with Crippen molar-refractivity contribution >= 4 is 7.82 Å². The summed E-state index contributed by atoms with van der Waals surface area (Å²) in [4.78, 5) is 0. The van der Waals surface area contributed by atoms with Crippen molar-refractivity contribution in [3.8, 4) is 0 Å². The predicted octanol–water partition coefficient (Wildman–Crippen LogP) is 3.18. The van der Waals surface area contributed by atoms with Crippen LogP contribution in [0.25, 0.3) is 0 Å². The molecule has 0 N–H and O–H groups in total. The van der Waals surface area contributed by atoms with Crippen molar-refractivity contribution in [2.45, 2.75) is 12.8 Å². The Morgan fingerprint density at radius 2 is 1.57 bits per heavy atom. The summed E-state index contributed by atoms with van der Waals surface area (Å²) in [6, 6.07) is 0. The third-order valence-electron chi connectivity index (χ3n) is 1.23. The van der Waals surface area contributed by atoms with Crippen molar-refractivity contribution in [2.75, 3.05) is 13.2 Å². The lowest BCUT2D eigenvalue weighted by atomic mass is 10.5. The number of phosphoric acid groups is 1. The van der Waals surface area contributed by atoms with Crippen LogP contribution in [0.1, 0.15) is 12.8 Å². The molecule has 6 heteroatoms. The van der Waals surface area contributed by atoms with Crippen molar-refractivity contribution in [1.29, 1.82) is 0 Å². The summed E-state index contributed by atoms with van der Waals surface area (Å²) in [7, 11) is -4.02. The average Bonchev–Trinajstić information content (AvgIpc) is 2.19. The topological polar surface area (TPSA) is 44.8 Å². The Balaban J connectivity index is 3.84. The van der Waals surface area contributed by atoms with Gasteiger partial charge >= 0.3 is 7.82 Å². The molecule has 0 aromatic rings. The van der Waals surface area contributed by atoms with Crippen LogP contribution >= 0.6 is 7.82 Å². The number of rotatable bonds is 9. The van der Waals surface area contributed by atoms with Gasteiger partial charge in [0.25, 0.3) is 0 Å². The summed E-state index contributed by atoms with van der Waals surface area (Å²) in [5.74, 6) is 0. The summed E-state index contributed by atoms with van der Waals surface area (Å²) in [6.45, 7) is 6.93. The van der Waals surface area contributed by atoms with Crippen molar-refractivity contribution < 1.29 is 22.9 Å². The fourth-order valence-electron chi connectivity index (χ4n) is 0.573. The first-order valence-electron chi connectivity index (χ1n) is 4.09. The standard InChI is InChI=1S/C8H14FO4P/c1-3-5-7-11-14(10,13-9)12-8-6-4-2/h3-4H,1-2,5-8H2. The van der Waals surface area contributed by atoms with Gasteiger partial charge in [-0.05, 0) is 17.4 Å². The molecule has 0 spiro atoms. The van der Waals surface area contributed by atoms with Crippen LogP contribution in [0.5, 0.6) is 0 Å². The molecule has 0 unspecified atom stereocenters. The summed E-state index contributed by atoms with van der Waals surface area (Å²) in [6.07, 6.45) is 3.98. The molecule has 0 aromatic heterocycles. The summed E-state index contributed by atoms with van der Waals surface area (Å²) in [5, 5.41) is 0. The van der Waals surface area contributed by atoms with Crippen LogP contribution in [-0.2, 0) is 18.3 Å². The second kappa shape index (κ2) is 7.88. The van der Waals surface area contributed by atoms with E-state index < -0.39 is 7.82 Å². The lowest BCUT2D eigenvalue weighted by Gasteiger charge is -2.11. The maximum Gasteiger partial charge on any atom is 0.506 e. The Bertz CT molecular complexity index is 201. The minimum atomic E-state index is -4.02. The molecule has 4 nitrogen and oxygen atoms in total. The minimum absolute atomic E-state index is 0.0405. The average molecular weight is 224 g/mol. The Labute approximate surface area is 82.9 Å². The van der Waals surface area contributed by atoms with E-state index >= 15 is 0 Å². The quantitative estimate of drug-likeness (QED) is 0.343. The lowest BCUT2D eigenvalue weighted by molar-refractivity contribution is -0.0564. The molecule has 0 rings (SSSR count). The number of hydrogen-bond acceptors (Lipinski definition) is 4. The van der Waals surface area contributed by atoms with Crippen LogP contribution in [0.2, 0.25) is 0 Å². The van der Waals surface area contributed by atoms with Gasteiger partial charge in [-0.2, -0.15) is 0 Å². The highest BCUT2D eigenvalue weighted by Crippen LogP contribution is 2.49. The molecule has 0 amide bonds. The van der Waals surface area contributed by atoms with E-state index in [4.69, 9.17) is 0 Å². The SMILES string of the molecule is C=CCCOP(=O)(OF)OCCC=C. The smallest absolute Gasteiger partial charge is 0.285 e. The number of hydrogen-bond donors (Lipinski definition) is 0. The van der Waals surface area contributed by atoms with Crippen LogP contribution in [0.4, 0.5) is 4.53 Å². The van der Waals surface area contributed by atoms with Gasteiger partial charge in [0, 0.05) is 0 Å². The minimum Gasteiger partial charge on any atom is -0.285 e. The Morgan fingerprint density at radius 1 is 1.14 bits per heavy atom. The van der Waals surface area contributed by atoms with E-state index in [2.05, 4.69) is 26.9 Å². The van der Waals surface area contributed by atoms with E-state index in [-0.39, 0.29) is 13.2 Å². The zero-order chi connectivity index (χ0) is 10.9. The molecule has 0 heterocycles. The van der Waals surface area contributed by atoms with Gasteiger partial charge in [-0.25, -0.2) is 4.57 Å². The second-order valence-corrected chi connectivity index (χ2v) is 3.89. The molecule has 0 aromatic carbocycles. The van der Waals surface area contributed by atoms with Gasteiger partial charge in [-0.3, -0.25) is 9.05 Å². The molecule has 82 valence electrons. The van der Waals surface area contributed by atoms with Crippen LogP contribution in [0, 0.1) is 0 Å². The van der Waals surface area contributed by atoms with Gasteiger partial charge in [0.2, 0.25) is 0 Å². The fraction of sp³-hybridized carbons (Fsp3) is 0.500. The van der Waals surface area contributed by atoms with E-state index in [0.29, 0.717) is 12.8 Å². The first-order chi connectivity index (χ1) is 6.68. The van der Waals surface area contributed by atoms with Crippen LogP contribution in [0.3, 0.4) is 0 Å². The molecule has 0 aliphatic rings. The molecular weight excluding hydrogens is 210 g/mol. The fourth-order valence-corrected chi connectivity index (χ4v) is 1.39. The van der Waals surface area contributed by atoms with Gasteiger partial charge in [0.15, 0.2) is 0 Å². The van der Waals surface area contributed by atoms with Crippen molar-refractivity contribution in [3.05, 3.63) is 25.3 Å². The zero-order valence-corrected chi connectivity index (χ0v) is 8.75. The molecule has 0 aliphatic carbocycles. The highest BCUT2D eigenvalue weighted by Gasteiger charge is 2.27. The molecule has 0 fully saturated rings. The molecule has 0 atom stereocenters. The molecular formula is C8H14FO4P. The van der Waals surface area contributed by atoms with Gasteiger partial charge in [0.05, 0.1) is 13.2 Å². The van der Waals surface area contributed by atoms with Gasteiger partial charge in [-0.15, -0.1) is 13.2 Å². The first-order valence-corrected chi connectivity index (χ1v) is 5.56. The van der Waals surface area contributed by atoms with E-state index in [1.807, 2.05) is 0 Å². The largest absolute Gasteiger partial charge is 0.506 e. The molecule has 14 heavy (non-hydrogen) atoms.